The molecule has 0 unspecified atom stereocenters. The van der Waals surface area contributed by atoms with Gasteiger partial charge in [0, 0.05) is 25.8 Å². The number of aryl methyl sites for hydroxylation is 1. The lowest BCUT2D eigenvalue weighted by Crippen LogP contribution is -2.11. The second kappa shape index (κ2) is 6.58. The molecule has 0 aliphatic carbocycles. The predicted octanol–water partition coefficient (Wildman–Crippen LogP) is 4.98. The first-order valence-corrected chi connectivity index (χ1v) is 8.67. The van der Waals surface area contributed by atoms with E-state index in [9.17, 15) is 4.79 Å². The standard InChI is InChI=1S/C17H13IN2OS/c1-11-19-16(10-22-11)13-3-2-4-15(9-13)20-17(21)12-5-7-14(18)8-6-12/h2-10H,1H3,(H,20,21). The summed E-state index contributed by atoms with van der Waals surface area (Å²) in [6.07, 6.45) is 0. The highest BCUT2D eigenvalue weighted by molar-refractivity contribution is 14.1. The summed E-state index contributed by atoms with van der Waals surface area (Å²) in [6, 6.07) is 15.2. The summed E-state index contributed by atoms with van der Waals surface area (Å²) in [5, 5.41) is 5.98. The molecule has 3 nitrogen and oxygen atoms in total. The zero-order valence-corrected chi connectivity index (χ0v) is 14.8. The number of halogens is 1. The van der Waals surface area contributed by atoms with E-state index in [2.05, 4.69) is 32.9 Å². The number of thiazole rings is 1. The van der Waals surface area contributed by atoms with Gasteiger partial charge in [0.05, 0.1) is 10.7 Å². The lowest BCUT2D eigenvalue weighted by Gasteiger charge is -2.07. The van der Waals surface area contributed by atoms with Crippen LogP contribution in [0.5, 0.6) is 0 Å². The molecule has 3 rings (SSSR count). The van der Waals surface area contributed by atoms with Crippen molar-refractivity contribution in [1.82, 2.24) is 4.98 Å². The molecule has 0 atom stereocenters. The summed E-state index contributed by atoms with van der Waals surface area (Å²) >= 11 is 3.84. The quantitative estimate of drug-likeness (QED) is 0.608. The first-order valence-electron chi connectivity index (χ1n) is 6.71. The van der Waals surface area contributed by atoms with Gasteiger partial charge in [-0.2, -0.15) is 0 Å². The number of rotatable bonds is 3. The van der Waals surface area contributed by atoms with E-state index in [1.165, 1.54) is 0 Å². The van der Waals surface area contributed by atoms with Crippen molar-refractivity contribution in [2.24, 2.45) is 0 Å². The first kappa shape index (κ1) is 15.2. The summed E-state index contributed by atoms with van der Waals surface area (Å²) < 4.78 is 1.11. The van der Waals surface area contributed by atoms with Crippen LogP contribution in [0.1, 0.15) is 15.4 Å². The summed E-state index contributed by atoms with van der Waals surface area (Å²) in [5.74, 6) is -0.108. The van der Waals surface area contributed by atoms with E-state index in [-0.39, 0.29) is 5.91 Å². The molecule has 0 saturated heterocycles. The van der Waals surface area contributed by atoms with Crippen molar-refractivity contribution < 1.29 is 4.79 Å². The molecule has 1 aromatic heterocycles. The minimum absolute atomic E-state index is 0.108. The molecule has 2 aromatic carbocycles. The number of carbonyl (C=O) groups excluding carboxylic acids is 1. The van der Waals surface area contributed by atoms with E-state index < -0.39 is 0 Å². The van der Waals surface area contributed by atoms with Crippen molar-refractivity contribution in [2.45, 2.75) is 6.92 Å². The lowest BCUT2D eigenvalue weighted by atomic mass is 10.1. The Morgan fingerprint density at radius 3 is 2.64 bits per heavy atom. The Morgan fingerprint density at radius 1 is 1.18 bits per heavy atom. The smallest absolute Gasteiger partial charge is 0.255 e. The second-order valence-electron chi connectivity index (χ2n) is 4.79. The van der Waals surface area contributed by atoms with Crippen LogP contribution < -0.4 is 5.32 Å². The molecule has 0 spiro atoms. The number of nitrogens with zero attached hydrogens (tertiary/aromatic N) is 1. The van der Waals surface area contributed by atoms with Crippen molar-refractivity contribution in [2.75, 3.05) is 5.32 Å². The van der Waals surface area contributed by atoms with Crippen molar-refractivity contribution in [3.05, 3.63) is 68.1 Å². The minimum atomic E-state index is -0.108. The fourth-order valence-electron chi connectivity index (χ4n) is 2.06. The molecular weight excluding hydrogens is 407 g/mol. The minimum Gasteiger partial charge on any atom is -0.322 e. The number of hydrogen-bond donors (Lipinski definition) is 1. The Balaban J connectivity index is 1.81. The third-order valence-electron chi connectivity index (χ3n) is 3.14. The van der Waals surface area contributed by atoms with Gasteiger partial charge in [-0.05, 0) is 65.9 Å². The Bertz CT molecular complexity index is 812. The Hall–Kier alpha value is -1.73. The van der Waals surface area contributed by atoms with Crippen LogP contribution in [0.15, 0.2) is 53.9 Å². The molecular formula is C17H13IN2OS. The molecule has 1 heterocycles. The van der Waals surface area contributed by atoms with E-state index in [0.29, 0.717) is 5.56 Å². The van der Waals surface area contributed by atoms with Gasteiger partial charge < -0.3 is 5.32 Å². The number of anilines is 1. The summed E-state index contributed by atoms with van der Waals surface area (Å²) in [4.78, 5) is 16.7. The highest BCUT2D eigenvalue weighted by Gasteiger charge is 2.07. The van der Waals surface area contributed by atoms with Crippen LogP contribution >= 0.6 is 33.9 Å². The highest BCUT2D eigenvalue weighted by Crippen LogP contribution is 2.24. The zero-order chi connectivity index (χ0) is 15.5. The van der Waals surface area contributed by atoms with E-state index in [1.807, 2.05) is 60.8 Å². The van der Waals surface area contributed by atoms with Crippen molar-refractivity contribution in [3.8, 4) is 11.3 Å². The van der Waals surface area contributed by atoms with Gasteiger partial charge in [-0.25, -0.2) is 4.98 Å². The first-order chi connectivity index (χ1) is 10.6. The fourth-order valence-corrected chi connectivity index (χ4v) is 3.04. The maximum atomic E-state index is 12.3. The van der Waals surface area contributed by atoms with Gasteiger partial charge >= 0.3 is 0 Å². The maximum Gasteiger partial charge on any atom is 0.255 e. The fraction of sp³-hybridized carbons (Fsp3) is 0.0588. The van der Waals surface area contributed by atoms with Crippen LogP contribution in [0.2, 0.25) is 0 Å². The molecule has 1 N–H and O–H groups in total. The lowest BCUT2D eigenvalue weighted by molar-refractivity contribution is 0.102. The molecule has 5 heteroatoms. The molecule has 22 heavy (non-hydrogen) atoms. The molecule has 1 amide bonds. The monoisotopic (exact) mass is 420 g/mol. The topological polar surface area (TPSA) is 42.0 Å². The SMILES string of the molecule is Cc1nc(-c2cccc(NC(=O)c3ccc(I)cc3)c2)cs1. The molecule has 0 aliphatic rings. The summed E-state index contributed by atoms with van der Waals surface area (Å²) in [6.45, 7) is 1.98. The number of aromatic nitrogens is 1. The molecule has 3 aromatic rings. The van der Waals surface area contributed by atoms with Crippen molar-refractivity contribution >= 4 is 45.5 Å². The van der Waals surface area contributed by atoms with Crippen LogP contribution in [0, 0.1) is 10.5 Å². The normalized spacial score (nSPS) is 10.5. The van der Waals surface area contributed by atoms with Crippen LogP contribution in [-0.4, -0.2) is 10.9 Å². The molecule has 0 radical (unpaired) electrons. The molecule has 110 valence electrons. The number of benzene rings is 2. The van der Waals surface area contributed by atoms with Gasteiger partial charge in [-0.15, -0.1) is 11.3 Å². The number of nitrogens with one attached hydrogen (secondary N) is 1. The molecule has 0 bridgehead atoms. The van der Waals surface area contributed by atoms with E-state index >= 15 is 0 Å². The Kier molecular flexibility index (Phi) is 4.54. The number of carbonyl (C=O) groups is 1. The van der Waals surface area contributed by atoms with Gasteiger partial charge in [-0.1, -0.05) is 12.1 Å². The third-order valence-corrected chi connectivity index (χ3v) is 4.63. The van der Waals surface area contributed by atoms with Gasteiger partial charge in [-0.3, -0.25) is 4.79 Å². The van der Waals surface area contributed by atoms with E-state index in [1.54, 1.807) is 11.3 Å². The Labute approximate surface area is 146 Å². The summed E-state index contributed by atoms with van der Waals surface area (Å²) in [7, 11) is 0. The van der Waals surface area contributed by atoms with E-state index in [0.717, 1.165) is 25.5 Å². The van der Waals surface area contributed by atoms with Crippen molar-refractivity contribution in [1.29, 1.82) is 0 Å². The second-order valence-corrected chi connectivity index (χ2v) is 7.10. The molecule has 0 fully saturated rings. The van der Waals surface area contributed by atoms with Crippen LogP contribution in [0.4, 0.5) is 5.69 Å². The van der Waals surface area contributed by atoms with Crippen LogP contribution in [0.25, 0.3) is 11.3 Å². The zero-order valence-electron chi connectivity index (χ0n) is 11.8. The third kappa shape index (κ3) is 3.53. The number of amides is 1. The largest absolute Gasteiger partial charge is 0.322 e. The van der Waals surface area contributed by atoms with Gasteiger partial charge in [0.25, 0.3) is 5.91 Å². The average Bonchev–Trinajstić information content (AvgIpc) is 2.95. The predicted molar refractivity (Wildman–Crippen MR) is 99.4 cm³/mol. The van der Waals surface area contributed by atoms with Crippen molar-refractivity contribution in [3.63, 3.8) is 0 Å². The maximum absolute atomic E-state index is 12.3. The van der Waals surface area contributed by atoms with Gasteiger partial charge in [0.1, 0.15) is 0 Å². The molecule has 0 aliphatic heterocycles. The van der Waals surface area contributed by atoms with E-state index in [4.69, 9.17) is 0 Å². The Morgan fingerprint density at radius 2 is 1.95 bits per heavy atom. The van der Waals surface area contributed by atoms with Crippen LogP contribution in [-0.2, 0) is 0 Å². The van der Waals surface area contributed by atoms with Crippen LogP contribution in [0.3, 0.4) is 0 Å². The average molecular weight is 420 g/mol. The van der Waals surface area contributed by atoms with Gasteiger partial charge in [0.15, 0.2) is 0 Å². The number of hydrogen-bond acceptors (Lipinski definition) is 3. The summed E-state index contributed by atoms with van der Waals surface area (Å²) in [5.41, 5.74) is 3.36. The highest BCUT2D eigenvalue weighted by atomic mass is 127. The molecule has 0 saturated carbocycles. The van der Waals surface area contributed by atoms with Gasteiger partial charge in [0.2, 0.25) is 0 Å².